The molecule has 0 heterocycles. The minimum absolute atomic E-state index is 0.514. The van der Waals surface area contributed by atoms with E-state index in [1.54, 1.807) is 11.1 Å². The Hall–Kier alpha value is -2.54. The normalized spacial score (nSPS) is 16.1. The molecule has 0 aromatic heterocycles. The van der Waals surface area contributed by atoms with Crippen molar-refractivity contribution in [2.75, 3.05) is 5.32 Å². The predicted molar refractivity (Wildman–Crippen MR) is 117 cm³/mol. The molecule has 0 saturated carbocycles. The number of nitrogens with one attached hydrogen (secondary N) is 1. The van der Waals surface area contributed by atoms with Gasteiger partial charge in [0.15, 0.2) is 0 Å². The van der Waals surface area contributed by atoms with Gasteiger partial charge in [0.2, 0.25) is 0 Å². The van der Waals surface area contributed by atoms with Gasteiger partial charge in [-0.15, -0.1) is 0 Å². The quantitative estimate of drug-likeness (QED) is 0.561. The van der Waals surface area contributed by atoms with Crippen LogP contribution in [0, 0.1) is 27.7 Å². The summed E-state index contributed by atoms with van der Waals surface area (Å²) >= 11 is 0. The van der Waals surface area contributed by atoms with Crippen molar-refractivity contribution in [3.63, 3.8) is 0 Å². The van der Waals surface area contributed by atoms with Gasteiger partial charge in [-0.05, 0) is 104 Å². The molecule has 0 fully saturated rings. The van der Waals surface area contributed by atoms with Gasteiger partial charge in [0, 0.05) is 11.7 Å². The molecular formula is C26H29N. The summed E-state index contributed by atoms with van der Waals surface area (Å²) in [6.45, 7) is 9.15. The second kappa shape index (κ2) is 7.23. The van der Waals surface area contributed by atoms with Gasteiger partial charge in [-0.2, -0.15) is 0 Å². The van der Waals surface area contributed by atoms with Crippen LogP contribution >= 0.6 is 0 Å². The largest absolute Gasteiger partial charge is 0.382 e. The molecule has 138 valence electrons. The van der Waals surface area contributed by atoms with Crippen LogP contribution < -0.4 is 5.32 Å². The highest BCUT2D eigenvalue weighted by molar-refractivity contribution is 5.66. The van der Waals surface area contributed by atoms with Crippen molar-refractivity contribution in [3.8, 4) is 11.1 Å². The summed E-state index contributed by atoms with van der Waals surface area (Å²) < 4.78 is 0. The van der Waals surface area contributed by atoms with Gasteiger partial charge in [-0.1, -0.05) is 42.5 Å². The monoisotopic (exact) mass is 355 g/mol. The molecule has 1 N–H and O–H groups in total. The average molecular weight is 356 g/mol. The van der Waals surface area contributed by atoms with Crippen molar-refractivity contribution in [2.24, 2.45) is 0 Å². The molecule has 0 amide bonds. The highest BCUT2D eigenvalue weighted by Crippen LogP contribution is 2.33. The van der Waals surface area contributed by atoms with Crippen LogP contribution in [0.5, 0.6) is 0 Å². The van der Waals surface area contributed by atoms with Crippen LogP contribution in [-0.2, 0) is 12.8 Å². The van der Waals surface area contributed by atoms with Crippen LogP contribution in [-0.4, -0.2) is 6.04 Å². The Kier molecular flexibility index (Phi) is 4.78. The van der Waals surface area contributed by atoms with Crippen LogP contribution in [0.4, 0.5) is 5.69 Å². The first-order chi connectivity index (χ1) is 13.0. The third-order valence-electron chi connectivity index (χ3n) is 6.51. The van der Waals surface area contributed by atoms with E-state index in [0.29, 0.717) is 6.04 Å². The van der Waals surface area contributed by atoms with Crippen molar-refractivity contribution in [1.82, 2.24) is 0 Å². The van der Waals surface area contributed by atoms with E-state index in [0.717, 1.165) is 6.42 Å². The molecule has 3 aromatic carbocycles. The Morgan fingerprint density at radius 1 is 0.667 bits per heavy atom. The number of benzene rings is 3. The molecule has 0 bridgehead atoms. The SMILES string of the molecule is Cc1c(C)c(C)c2c(c1C)CCC(Nc1ccc(-c3ccccc3)cc1)C2. The minimum atomic E-state index is 0.514. The molecule has 1 nitrogen and oxygen atoms in total. The van der Waals surface area contributed by atoms with E-state index in [1.165, 1.54) is 51.9 Å². The lowest BCUT2D eigenvalue weighted by atomic mass is 9.79. The van der Waals surface area contributed by atoms with E-state index in [-0.39, 0.29) is 0 Å². The third kappa shape index (κ3) is 3.39. The van der Waals surface area contributed by atoms with Gasteiger partial charge < -0.3 is 5.32 Å². The number of fused-ring (bicyclic) bond motifs is 1. The lowest BCUT2D eigenvalue weighted by Gasteiger charge is -2.31. The summed E-state index contributed by atoms with van der Waals surface area (Å²) in [5.41, 5.74) is 12.9. The molecular weight excluding hydrogens is 326 g/mol. The van der Waals surface area contributed by atoms with Crippen LogP contribution in [0.1, 0.15) is 39.8 Å². The predicted octanol–water partition coefficient (Wildman–Crippen LogP) is 6.56. The van der Waals surface area contributed by atoms with E-state index < -0.39 is 0 Å². The van der Waals surface area contributed by atoms with Crippen molar-refractivity contribution >= 4 is 5.69 Å². The summed E-state index contributed by atoms with van der Waals surface area (Å²) in [6, 6.07) is 20.0. The Balaban J connectivity index is 1.52. The fourth-order valence-electron chi connectivity index (χ4n) is 4.50. The summed E-state index contributed by atoms with van der Waals surface area (Å²) in [5.74, 6) is 0. The first kappa shape index (κ1) is 17.9. The topological polar surface area (TPSA) is 12.0 Å². The molecule has 0 aliphatic heterocycles. The van der Waals surface area contributed by atoms with Gasteiger partial charge in [0.25, 0.3) is 0 Å². The molecule has 0 radical (unpaired) electrons. The van der Waals surface area contributed by atoms with Gasteiger partial charge in [-0.3, -0.25) is 0 Å². The van der Waals surface area contributed by atoms with Gasteiger partial charge in [-0.25, -0.2) is 0 Å². The summed E-state index contributed by atoms with van der Waals surface area (Å²) in [5, 5.41) is 3.78. The molecule has 3 aromatic rings. The Bertz CT molecular complexity index is 952. The highest BCUT2D eigenvalue weighted by atomic mass is 14.9. The van der Waals surface area contributed by atoms with Crippen molar-refractivity contribution in [3.05, 3.63) is 88.0 Å². The first-order valence-electron chi connectivity index (χ1n) is 10.0. The van der Waals surface area contributed by atoms with E-state index in [1.807, 2.05) is 0 Å². The van der Waals surface area contributed by atoms with Gasteiger partial charge >= 0.3 is 0 Å². The number of anilines is 1. The van der Waals surface area contributed by atoms with E-state index in [4.69, 9.17) is 0 Å². The lowest BCUT2D eigenvalue weighted by Crippen LogP contribution is -2.29. The van der Waals surface area contributed by atoms with Gasteiger partial charge in [0.05, 0.1) is 0 Å². The summed E-state index contributed by atoms with van der Waals surface area (Å²) in [4.78, 5) is 0. The molecule has 1 unspecified atom stereocenters. The molecule has 1 aliphatic rings. The smallest absolute Gasteiger partial charge is 0.0342 e. The fourth-order valence-corrected chi connectivity index (χ4v) is 4.50. The summed E-state index contributed by atoms with van der Waals surface area (Å²) in [6.07, 6.45) is 3.52. The Morgan fingerprint density at radius 3 is 1.93 bits per heavy atom. The van der Waals surface area contributed by atoms with Crippen LogP contribution in [0.25, 0.3) is 11.1 Å². The van der Waals surface area contributed by atoms with Crippen LogP contribution in [0.3, 0.4) is 0 Å². The second-order valence-electron chi connectivity index (χ2n) is 7.98. The zero-order valence-corrected chi connectivity index (χ0v) is 16.9. The third-order valence-corrected chi connectivity index (χ3v) is 6.51. The van der Waals surface area contributed by atoms with Crippen LogP contribution in [0.15, 0.2) is 54.6 Å². The van der Waals surface area contributed by atoms with E-state index in [9.17, 15) is 0 Å². The van der Waals surface area contributed by atoms with E-state index >= 15 is 0 Å². The van der Waals surface area contributed by atoms with Crippen LogP contribution in [0.2, 0.25) is 0 Å². The molecule has 0 spiro atoms. The zero-order valence-electron chi connectivity index (χ0n) is 16.9. The molecule has 0 saturated heterocycles. The van der Waals surface area contributed by atoms with Gasteiger partial charge in [0.1, 0.15) is 0 Å². The minimum Gasteiger partial charge on any atom is -0.382 e. The average Bonchev–Trinajstić information content (AvgIpc) is 2.72. The fraction of sp³-hybridized carbons (Fsp3) is 0.308. The maximum Gasteiger partial charge on any atom is 0.0342 e. The number of hydrogen-bond donors (Lipinski definition) is 1. The maximum atomic E-state index is 3.78. The molecule has 27 heavy (non-hydrogen) atoms. The second-order valence-corrected chi connectivity index (χ2v) is 7.98. The van der Waals surface area contributed by atoms with E-state index in [2.05, 4.69) is 87.6 Å². The zero-order chi connectivity index (χ0) is 19.0. The van der Waals surface area contributed by atoms with Crippen molar-refractivity contribution < 1.29 is 0 Å². The number of rotatable bonds is 3. The van der Waals surface area contributed by atoms with Crippen molar-refractivity contribution in [2.45, 2.75) is 53.0 Å². The first-order valence-corrected chi connectivity index (χ1v) is 10.0. The number of hydrogen-bond acceptors (Lipinski definition) is 1. The Morgan fingerprint density at radius 2 is 1.26 bits per heavy atom. The van der Waals surface area contributed by atoms with Crippen molar-refractivity contribution in [1.29, 1.82) is 0 Å². The molecule has 1 heteroatoms. The molecule has 1 aliphatic carbocycles. The highest BCUT2D eigenvalue weighted by Gasteiger charge is 2.23. The molecule has 4 rings (SSSR count). The summed E-state index contributed by atoms with van der Waals surface area (Å²) in [7, 11) is 0. The standard InChI is InChI=1S/C26H29N/c1-17-18(2)20(4)26-16-24(14-15-25(26)19(17)3)27-23-12-10-22(11-13-23)21-8-6-5-7-9-21/h5-13,24,27H,14-16H2,1-4H3. The Labute approximate surface area is 163 Å². The molecule has 1 atom stereocenters. The maximum absolute atomic E-state index is 3.78. The lowest BCUT2D eigenvalue weighted by molar-refractivity contribution is 0.605.